The second kappa shape index (κ2) is 6.80. The molecule has 0 aliphatic carbocycles. The predicted molar refractivity (Wildman–Crippen MR) is 78.5 cm³/mol. The monoisotopic (exact) mass is 280 g/mol. The number of benzene rings is 1. The van der Waals surface area contributed by atoms with Gasteiger partial charge >= 0.3 is 6.03 Å². The molecule has 0 aromatic heterocycles. The molecule has 3 nitrogen and oxygen atoms in total. The first-order valence-electron chi connectivity index (χ1n) is 6.93. The molecular formula is C15H21ClN2O. The number of amides is 2. The number of urea groups is 1. The molecule has 1 N–H and O–H groups in total. The summed E-state index contributed by atoms with van der Waals surface area (Å²) in [6.07, 6.45) is 3.11. The number of nitrogens with one attached hydrogen (secondary N) is 1. The highest BCUT2D eigenvalue weighted by Gasteiger charge is 2.20. The lowest BCUT2D eigenvalue weighted by Gasteiger charge is -2.30. The third-order valence-electron chi connectivity index (χ3n) is 3.57. The SMILES string of the molecule is CC1CCCN(C(=O)NCCc2ccccc2Cl)C1. The minimum Gasteiger partial charge on any atom is -0.338 e. The van der Waals surface area contributed by atoms with Crippen LogP contribution in [0.3, 0.4) is 0 Å². The molecule has 2 amide bonds. The fraction of sp³-hybridized carbons (Fsp3) is 0.533. The van der Waals surface area contributed by atoms with E-state index in [0.717, 1.165) is 36.5 Å². The van der Waals surface area contributed by atoms with Crippen LogP contribution in [0.2, 0.25) is 5.02 Å². The van der Waals surface area contributed by atoms with Crippen LogP contribution >= 0.6 is 11.6 Å². The molecule has 1 aliphatic heterocycles. The standard InChI is InChI=1S/C15H21ClN2O/c1-12-5-4-10-18(11-12)15(19)17-9-8-13-6-2-3-7-14(13)16/h2-3,6-7,12H,4-5,8-11H2,1H3,(H,17,19). The van der Waals surface area contributed by atoms with E-state index in [-0.39, 0.29) is 6.03 Å². The molecule has 1 heterocycles. The summed E-state index contributed by atoms with van der Waals surface area (Å²) in [6.45, 7) is 4.58. The number of likely N-dealkylation sites (tertiary alicyclic amines) is 1. The van der Waals surface area contributed by atoms with Crippen LogP contribution in [0.1, 0.15) is 25.3 Å². The van der Waals surface area contributed by atoms with Crippen molar-refractivity contribution in [3.8, 4) is 0 Å². The first-order valence-corrected chi connectivity index (χ1v) is 7.31. The van der Waals surface area contributed by atoms with Crippen LogP contribution in [-0.2, 0) is 6.42 Å². The maximum absolute atomic E-state index is 12.0. The topological polar surface area (TPSA) is 32.3 Å². The maximum atomic E-state index is 12.0. The van der Waals surface area contributed by atoms with Gasteiger partial charge in [-0.15, -0.1) is 0 Å². The number of rotatable bonds is 3. The van der Waals surface area contributed by atoms with Crippen molar-refractivity contribution in [1.29, 1.82) is 0 Å². The lowest BCUT2D eigenvalue weighted by Crippen LogP contribution is -2.45. The lowest BCUT2D eigenvalue weighted by molar-refractivity contribution is 0.170. The molecular weight excluding hydrogens is 260 g/mol. The van der Waals surface area contributed by atoms with Gasteiger partial charge in [-0.05, 0) is 36.8 Å². The van der Waals surface area contributed by atoms with Crippen LogP contribution in [0.15, 0.2) is 24.3 Å². The highest BCUT2D eigenvalue weighted by molar-refractivity contribution is 6.31. The van der Waals surface area contributed by atoms with E-state index in [4.69, 9.17) is 11.6 Å². The molecule has 1 saturated heterocycles. The summed E-state index contributed by atoms with van der Waals surface area (Å²) >= 11 is 6.08. The summed E-state index contributed by atoms with van der Waals surface area (Å²) < 4.78 is 0. The smallest absolute Gasteiger partial charge is 0.317 e. The number of nitrogens with zero attached hydrogens (tertiary/aromatic N) is 1. The van der Waals surface area contributed by atoms with Crippen molar-refractivity contribution in [2.45, 2.75) is 26.2 Å². The summed E-state index contributed by atoms with van der Waals surface area (Å²) in [4.78, 5) is 13.9. The highest BCUT2D eigenvalue weighted by Crippen LogP contribution is 2.16. The van der Waals surface area contributed by atoms with Crippen LogP contribution in [0.5, 0.6) is 0 Å². The van der Waals surface area contributed by atoms with Gasteiger partial charge in [-0.25, -0.2) is 4.79 Å². The summed E-state index contributed by atoms with van der Waals surface area (Å²) in [5.74, 6) is 0.614. The van der Waals surface area contributed by atoms with Crippen molar-refractivity contribution in [3.63, 3.8) is 0 Å². The van der Waals surface area contributed by atoms with Crippen molar-refractivity contribution >= 4 is 17.6 Å². The summed E-state index contributed by atoms with van der Waals surface area (Å²) in [5, 5.41) is 3.74. The Bertz CT molecular complexity index is 436. The molecule has 1 unspecified atom stereocenters. The Labute approximate surface area is 119 Å². The molecule has 0 radical (unpaired) electrons. The number of carbonyl (C=O) groups excluding carboxylic acids is 1. The minimum atomic E-state index is 0.0543. The van der Waals surface area contributed by atoms with E-state index in [0.29, 0.717) is 12.5 Å². The zero-order chi connectivity index (χ0) is 13.7. The molecule has 1 atom stereocenters. The van der Waals surface area contributed by atoms with E-state index in [1.807, 2.05) is 29.2 Å². The molecule has 4 heteroatoms. The average molecular weight is 281 g/mol. The molecule has 1 aliphatic rings. The van der Waals surface area contributed by atoms with Gasteiger partial charge in [0.25, 0.3) is 0 Å². The minimum absolute atomic E-state index is 0.0543. The average Bonchev–Trinajstić information content (AvgIpc) is 2.41. The Morgan fingerprint density at radius 2 is 2.26 bits per heavy atom. The largest absolute Gasteiger partial charge is 0.338 e. The van der Waals surface area contributed by atoms with Gasteiger partial charge in [0.1, 0.15) is 0 Å². The lowest BCUT2D eigenvalue weighted by atomic mass is 10.0. The van der Waals surface area contributed by atoms with Gasteiger partial charge in [-0.1, -0.05) is 36.7 Å². The van der Waals surface area contributed by atoms with Crippen molar-refractivity contribution in [1.82, 2.24) is 10.2 Å². The van der Waals surface area contributed by atoms with Gasteiger partial charge in [0.2, 0.25) is 0 Å². The number of piperidine rings is 1. The number of hydrogen-bond acceptors (Lipinski definition) is 1. The van der Waals surface area contributed by atoms with Crippen molar-refractivity contribution in [3.05, 3.63) is 34.9 Å². The summed E-state index contributed by atoms with van der Waals surface area (Å²) in [5.41, 5.74) is 1.08. The number of halogens is 1. The van der Waals surface area contributed by atoms with Crippen molar-refractivity contribution in [2.24, 2.45) is 5.92 Å². The van der Waals surface area contributed by atoms with E-state index in [9.17, 15) is 4.79 Å². The third kappa shape index (κ3) is 4.13. The first kappa shape index (κ1) is 14.2. The second-order valence-electron chi connectivity index (χ2n) is 5.27. The van der Waals surface area contributed by atoms with Crippen LogP contribution < -0.4 is 5.32 Å². The third-order valence-corrected chi connectivity index (χ3v) is 3.94. The summed E-state index contributed by atoms with van der Waals surface area (Å²) in [7, 11) is 0. The van der Waals surface area contributed by atoms with E-state index >= 15 is 0 Å². The highest BCUT2D eigenvalue weighted by atomic mass is 35.5. The molecule has 1 fully saturated rings. The molecule has 0 bridgehead atoms. The van der Waals surface area contributed by atoms with E-state index < -0.39 is 0 Å². The van der Waals surface area contributed by atoms with Crippen LogP contribution in [-0.4, -0.2) is 30.6 Å². The fourth-order valence-corrected chi connectivity index (χ4v) is 2.72. The summed E-state index contributed by atoms with van der Waals surface area (Å²) in [6, 6.07) is 7.82. The van der Waals surface area contributed by atoms with E-state index in [2.05, 4.69) is 12.2 Å². The molecule has 0 spiro atoms. The molecule has 0 saturated carbocycles. The quantitative estimate of drug-likeness (QED) is 0.905. The van der Waals surface area contributed by atoms with Gasteiger partial charge in [0.05, 0.1) is 0 Å². The van der Waals surface area contributed by atoms with Crippen molar-refractivity contribution in [2.75, 3.05) is 19.6 Å². The Hall–Kier alpha value is -1.22. The Balaban J connectivity index is 1.76. The Morgan fingerprint density at radius 3 is 3.00 bits per heavy atom. The van der Waals surface area contributed by atoms with Gasteiger partial charge in [0.15, 0.2) is 0 Å². The number of hydrogen-bond donors (Lipinski definition) is 1. The molecule has 2 rings (SSSR count). The van der Waals surface area contributed by atoms with E-state index in [1.165, 1.54) is 6.42 Å². The van der Waals surface area contributed by atoms with Gasteiger partial charge < -0.3 is 10.2 Å². The van der Waals surface area contributed by atoms with Gasteiger partial charge in [-0.2, -0.15) is 0 Å². The number of carbonyl (C=O) groups is 1. The first-order chi connectivity index (χ1) is 9.16. The van der Waals surface area contributed by atoms with Crippen molar-refractivity contribution < 1.29 is 4.79 Å². The molecule has 19 heavy (non-hydrogen) atoms. The van der Waals surface area contributed by atoms with Crippen LogP contribution in [0.25, 0.3) is 0 Å². The fourth-order valence-electron chi connectivity index (χ4n) is 2.49. The van der Waals surface area contributed by atoms with Gasteiger partial charge in [-0.3, -0.25) is 0 Å². The maximum Gasteiger partial charge on any atom is 0.317 e. The Kier molecular flexibility index (Phi) is 5.08. The Morgan fingerprint density at radius 1 is 1.47 bits per heavy atom. The predicted octanol–water partition coefficient (Wildman–Crippen LogP) is 3.32. The zero-order valence-corrected chi connectivity index (χ0v) is 12.1. The molecule has 1 aromatic carbocycles. The van der Waals surface area contributed by atoms with Crippen LogP contribution in [0, 0.1) is 5.92 Å². The molecule has 1 aromatic rings. The molecule has 104 valence electrons. The van der Waals surface area contributed by atoms with Gasteiger partial charge in [0, 0.05) is 24.7 Å². The second-order valence-corrected chi connectivity index (χ2v) is 5.67. The normalized spacial score (nSPS) is 19.3. The van der Waals surface area contributed by atoms with Crippen LogP contribution in [0.4, 0.5) is 4.79 Å². The van der Waals surface area contributed by atoms with E-state index in [1.54, 1.807) is 0 Å². The zero-order valence-electron chi connectivity index (χ0n) is 11.4.